The SMILES string of the molecule is CCOC(=O)CN(c1nc(C)cc(C(N)=S)n1)C(C)C. The zero-order valence-corrected chi connectivity index (χ0v) is 13.0. The number of carbonyl (C=O) groups is 1. The largest absolute Gasteiger partial charge is 0.465 e. The van der Waals surface area contributed by atoms with Crippen molar-refractivity contribution in [2.75, 3.05) is 18.1 Å². The fourth-order valence-electron chi connectivity index (χ4n) is 1.64. The molecule has 0 spiro atoms. The van der Waals surface area contributed by atoms with Crippen molar-refractivity contribution in [1.82, 2.24) is 9.97 Å². The summed E-state index contributed by atoms with van der Waals surface area (Å²) in [5.74, 6) is 0.110. The fraction of sp³-hybridized carbons (Fsp3) is 0.538. The van der Waals surface area contributed by atoms with E-state index in [1.807, 2.05) is 20.8 Å². The van der Waals surface area contributed by atoms with Crippen LogP contribution in [-0.2, 0) is 9.53 Å². The van der Waals surface area contributed by atoms with E-state index in [0.717, 1.165) is 5.69 Å². The number of anilines is 1. The summed E-state index contributed by atoms with van der Waals surface area (Å²) in [5, 5.41) is 0. The van der Waals surface area contributed by atoms with Crippen molar-refractivity contribution in [2.45, 2.75) is 33.7 Å². The van der Waals surface area contributed by atoms with Gasteiger partial charge in [0, 0.05) is 11.7 Å². The van der Waals surface area contributed by atoms with Gasteiger partial charge < -0.3 is 15.4 Å². The Kier molecular flexibility index (Phi) is 5.82. The van der Waals surface area contributed by atoms with Crippen molar-refractivity contribution in [1.29, 1.82) is 0 Å². The molecule has 0 saturated heterocycles. The molecule has 0 saturated carbocycles. The van der Waals surface area contributed by atoms with Crippen LogP contribution in [0.2, 0.25) is 0 Å². The van der Waals surface area contributed by atoms with E-state index >= 15 is 0 Å². The second-order valence-corrected chi connectivity index (χ2v) is 5.03. The highest BCUT2D eigenvalue weighted by Crippen LogP contribution is 2.13. The molecule has 0 aliphatic carbocycles. The average molecular weight is 296 g/mol. The standard InChI is InChI=1S/C13H20N4O2S/c1-5-19-11(18)7-17(8(2)3)13-15-9(4)6-10(16-13)12(14)20/h6,8H,5,7H2,1-4H3,(H2,14,20). The summed E-state index contributed by atoms with van der Waals surface area (Å²) in [5.41, 5.74) is 6.85. The Balaban J connectivity index is 3.08. The first-order chi connectivity index (χ1) is 9.35. The maximum absolute atomic E-state index is 11.7. The minimum atomic E-state index is -0.316. The molecular formula is C13H20N4O2S. The third kappa shape index (κ3) is 4.41. The molecule has 1 aromatic rings. The van der Waals surface area contributed by atoms with Gasteiger partial charge in [-0.15, -0.1) is 0 Å². The Morgan fingerprint density at radius 3 is 2.65 bits per heavy atom. The van der Waals surface area contributed by atoms with E-state index in [2.05, 4.69) is 9.97 Å². The second-order valence-electron chi connectivity index (χ2n) is 4.59. The van der Waals surface area contributed by atoms with Crippen LogP contribution < -0.4 is 10.6 Å². The number of nitrogens with zero attached hydrogens (tertiary/aromatic N) is 3. The van der Waals surface area contributed by atoms with Gasteiger partial charge in [-0.3, -0.25) is 4.79 Å². The molecule has 1 aromatic heterocycles. The number of thiocarbonyl (C=S) groups is 1. The van der Waals surface area contributed by atoms with Crippen LogP contribution >= 0.6 is 12.2 Å². The van der Waals surface area contributed by atoms with Crippen molar-refractivity contribution in [2.24, 2.45) is 5.73 Å². The summed E-state index contributed by atoms with van der Waals surface area (Å²) in [6, 6.07) is 1.76. The number of carbonyl (C=O) groups excluding carboxylic acids is 1. The minimum Gasteiger partial charge on any atom is -0.465 e. The first kappa shape index (κ1) is 16.3. The number of aromatic nitrogens is 2. The molecule has 1 rings (SSSR count). The van der Waals surface area contributed by atoms with Crippen LogP contribution in [0, 0.1) is 6.92 Å². The van der Waals surface area contributed by atoms with E-state index in [9.17, 15) is 4.79 Å². The zero-order chi connectivity index (χ0) is 15.3. The Bertz CT molecular complexity index is 505. The van der Waals surface area contributed by atoms with Gasteiger partial charge in [0.15, 0.2) is 0 Å². The Hall–Kier alpha value is -1.76. The molecule has 0 unspecified atom stereocenters. The fourth-order valence-corrected chi connectivity index (χ4v) is 1.74. The van der Waals surface area contributed by atoms with E-state index < -0.39 is 0 Å². The predicted octanol–water partition coefficient (Wildman–Crippen LogP) is 1.20. The van der Waals surface area contributed by atoms with Crippen molar-refractivity contribution in [3.05, 3.63) is 17.5 Å². The summed E-state index contributed by atoms with van der Waals surface area (Å²) < 4.78 is 4.97. The lowest BCUT2D eigenvalue weighted by molar-refractivity contribution is -0.141. The molecule has 1 heterocycles. The lowest BCUT2D eigenvalue weighted by Crippen LogP contribution is -2.38. The molecule has 2 N–H and O–H groups in total. The monoisotopic (exact) mass is 296 g/mol. The quantitative estimate of drug-likeness (QED) is 0.624. The summed E-state index contributed by atoms with van der Waals surface area (Å²) >= 11 is 4.94. The summed E-state index contributed by atoms with van der Waals surface area (Å²) in [6.07, 6.45) is 0. The number of hydrogen-bond acceptors (Lipinski definition) is 6. The van der Waals surface area contributed by atoms with Gasteiger partial charge in [-0.2, -0.15) is 0 Å². The van der Waals surface area contributed by atoms with Crippen LogP contribution in [0.25, 0.3) is 0 Å². The van der Waals surface area contributed by atoms with E-state index in [-0.39, 0.29) is 23.5 Å². The molecule has 0 atom stereocenters. The van der Waals surface area contributed by atoms with Crippen molar-refractivity contribution >= 4 is 29.1 Å². The van der Waals surface area contributed by atoms with Crippen LogP contribution in [0.15, 0.2) is 6.07 Å². The molecule has 0 aromatic carbocycles. The van der Waals surface area contributed by atoms with Gasteiger partial charge in [-0.05, 0) is 33.8 Å². The van der Waals surface area contributed by atoms with Crippen LogP contribution in [-0.4, -0.2) is 40.1 Å². The number of nitrogens with two attached hydrogens (primary N) is 1. The lowest BCUT2D eigenvalue weighted by atomic mass is 10.3. The van der Waals surface area contributed by atoms with E-state index in [1.165, 1.54) is 0 Å². The van der Waals surface area contributed by atoms with Gasteiger partial charge in [-0.1, -0.05) is 12.2 Å². The van der Waals surface area contributed by atoms with Gasteiger partial charge >= 0.3 is 5.97 Å². The van der Waals surface area contributed by atoms with Crippen LogP contribution in [0.5, 0.6) is 0 Å². The number of esters is 1. The molecule has 20 heavy (non-hydrogen) atoms. The predicted molar refractivity (Wildman–Crippen MR) is 81.8 cm³/mol. The molecule has 0 aliphatic rings. The van der Waals surface area contributed by atoms with E-state index in [0.29, 0.717) is 18.2 Å². The summed E-state index contributed by atoms with van der Waals surface area (Å²) in [6.45, 7) is 7.93. The van der Waals surface area contributed by atoms with Crippen LogP contribution in [0.1, 0.15) is 32.2 Å². The maximum atomic E-state index is 11.7. The van der Waals surface area contributed by atoms with Crippen molar-refractivity contribution in [3.63, 3.8) is 0 Å². The highest BCUT2D eigenvalue weighted by Gasteiger charge is 2.19. The molecule has 6 nitrogen and oxygen atoms in total. The second kappa shape index (κ2) is 7.14. The van der Waals surface area contributed by atoms with Gasteiger partial charge in [0.2, 0.25) is 5.95 Å². The minimum absolute atomic E-state index is 0.0420. The lowest BCUT2D eigenvalue weighted by Gasteiger charge is -2.26. The number of ether oxygens (including phenoxy) is 1. The molecule has 0 amide bonds. The molecule has 0 bridgehead atoms. The van der Waals surface area contributed by atoms with E-state index in [1.54, 1.807) is 17.9 Å². The highest BCUT2D eigenvalue weighted by molar-refractivity contribution is 7.80. The molecule has 7 heteroatoms. The average Bonchev–Trinajstić information content (AvgIpc) is 2.35. The number of hydrogen-bond donors (Lipinski definition) is 1. The zero-order valence-electron chi connectivity index (χ0n) is 12.2. The Labute approximate surface area is 124 Å². The van der Waals surface area contributed by atoms with Gasteiger partial charge in [0.05, 0.1) is 6.61 Å². The van der Waals surface area contributed by atoms with Crippen molar-refractivity contribution in [3.8, 4) is 0 Å². The van der Waals surface area contributed by atoms with Crippen LogP contribution in [0.3, 0.4) is 0 Å². The van der Waals surface area contributed by atoms with Crippen molar-refractivity contribution < 1.29 is 9.53 Å². The third-order valence-corrected chi connectivity index (χ3v) is 2.79. The molecule has 0 radical (unpaired) electrons. The topological polar surface area (TPSA) is 81.3 Å². The molecule has 0 aliphatic heterocycles. The highest BCUT2D eigenvalue weighted by atomic mass is 32.1. The Morgan fingerprint density at radius 1 is 1.50 bits per heavy atom. The summed E-state index contributed by atoms with van der Waals surface area (Å²) in [4.78, 5) is 22.3. The van der Waals surface area contributed by atoms with Gasteiger partial charge in [0.25, 0.3) is 0 Å². The first-order valence-electron chi connectivity index (χ1n) is 6.42. The van der Waals surface area contributed by atoms with Crippen LogP contribution in [0.4, 0.5) is 5.95 Å². The maximum Gasteiger partial charge on any atom is 0.325 e. The number of rotatable bonds is 6. The molecule has 0 fully saturated rings. The third-order valence-electron chi connectivity index (χ3n) is 2.58. The first-order valence-corrected chi connectivity index (χ1v) is 6.83. The van der Waals surface area contributed by atoms with E-state index in [4.69, 9.17) is 22.7 Å². The normalized spacial score (nSPS) is 10.4. The smallest absolute Gasteiger partial charge is 0.325 e. The van der Waals surface area contributed by atoms with Gasteiger partial charge in [-0.25, -0.2) is 9.97 Å². The molecular weight excluding hydrogens is 276 g/mol. The van der Waals surface area contributed by atoms with Gasteiger partial charge in [0.1, 0.15) is 17.2 Å². The molecule has 110 valence electrons. The Morgan fingerprint density at radius 2 is 2.15 bits per heavy atom. The number of aryl methyl sites for hydroxylation is 1. The summed E-state index contributed by atoms with van der Waals surface area (Å²) in [7, 11) is 0.